The summed E-state index contributed by atoms with van der Waals surface area (Å²) >= 11 is 3.44. The van der Waals surface area contributed by atoms with E-state index in [1.807, 2.05) is 0 Å². The van der Waals surface area contributed by atoms with Gasteiger partial charge in [-0.05, 0) is 43.8 Å². The van der Waals surface area contributed by atoms with Crippen molar-refractivity contribution in [3.63, 3.8) is 0 Å². The molecule has 1 aliphatic rings. The second kappa shape index (κ2) is 5.89. The van der Waals surface area contributed by atoms with E-state index in [4.69, 9.17) is 6.42 Å². The molecular weight excluding hydrogens is 224 g/mol. The topological polar surface area (TPSA) is 20.2 Å². The van der Waals surface area contributed by atoms with E-state index in [-0.39, 0.29) is 0 Å². The van der Waals surface area contributed by atoms with Crippen molar-refractivity contribution in [1.82, 2.24) is 0 Å². The Hall–Kier alpha value is -0.0400. The van der Waals surface area contributed by atoms with E-state index >= 15 is 0 Å². The molecule has 84 valence electrons. The van der Waals surface area contributed by atoms with Crippen molar-refractivity contribution in [2.45, 2.75) is 37.7 Å². The minimum atomic E-state index is -0.728. The van der Waals surface area contributed by atoms with E-state index in [1.54, 1.807) is 23.5 Å². The van der Waals surface area contributed by atoms with Gasteiger partial charge in [0, 0.05) is 10.7 Å². The molecule has 1 fully saturated rings. The van der Waals surface area contributed by atoms with Crippen molar-refractivity contribution >= 4 is 23.5 Å². The molecule has 1 saturated carbocycles. The Labute approximate surface area is 101 Å². The molecule has 3 heteroatoms. The van der Waals surface area contributed by atoms with Crippen LogP contribution in [0.2, 0.25) is 0 Å². The second-order valence-corrected chi connectivity index (χ2v) is 5.69. The first-order valence-electron chi connectivity index (χ1n) is 5.15. The lowest BCUT2D eigenvalue weighted by atomic mass is 9.79. The van der Waals surface area contributed by atoms with Crippen LogP contribution in [-0.4, -0.2) is 23.2 Å². The maximum Gasteiger partial charge on any atom is 0.0984 e. The average molecular weight is 242 g/mol. The summed E-state index contributed by atoms with van der Waals surface area (Å²) < 4.78 is 1.24. The molecule has 0 aromatic carbocycles. The molecule has 1 nitrogen and oxygen atoms in total. The lowest BCUT2D eigenvalue weighted by molar-refractivity contribution is 0.0569. The Bertz CT molecular complexity index is 284. The average Bonchev–Trinajstić information content (AvgIpc) is 2.23. The van der Waals surface area contributed by atoms with Gasteiger partial charge in [0.1, 0.15) is 0 Å². The monoisotopic (exact) mass is 242 g/mol. The van der Waals surface area contributed by atoms with Crippen LogP contribution in [0.3, 0.4) is 0 Å². The van der Waals surface area contributed by atoms with Crippen LogP contribution in [0, 0.1) is 12.3 Å². The van der Waals surface area contributed by atoms with Crippen LogP contribution in [0.4, 0.5) is 0 Å². The highest BCUT2D eigenvalue weighted by Crippen LogP contribution is 2.42. The first kappa shape index (κ1) is 13.0. The summed E-state index contributed by atoms with van der Waals surface area (Å²) in [6.07, 6.45) is 14.0. The summed E-state index contributed by atoms with van der Waals surface area (Å²) in [5.41, 5.74) is 0.445. The Kier molecular flexibility index (Phi) is 5.11. The molecular formula is C12H18OS2. The van der Waals surface area contributed by atoms with Gasteiger partial charge in [0.2, 0.25) is 0 Å². The van der Waals surface area contributed by atoms with Crippen molar-refractivity contribution in [2.75, 3.05) is 12.5 Å². The fraction of sp³-hybridized carbons (Fsp3) is 0.667. The summed E-state index contributed by atoms with van der Waals surface area (Å²) in [6.45, 7) is 0. The zero-order valence-electron chi connectivity index (χ0n) is 9.38. The van der Waals surface area contributed by atoms with Crippen LogP contribution in [0.1, 0.15) is 32.1 Å². The van der Waals surface area contributed by atoms with Gasteiger partial charge in [-0.25, -0.2) is 0 Å². The van der Waals surface area contributed by atoms with Crippen LogP contribution < -0.4 is 0 Å². The van der Waals surface area contributed by atoms with E-state index < -0.39 is 5.60 Å². The largest absolute Gasteiger partial charge is 0.384 e. The second-order valence-electron chi connectivity index (χ2n) is 3.79. The highest BCUT2D eigenvalue weighted by Gasteiger charge is 2.35. The van der Waals surface area contributed by atoms with E-state index in [2.05, 4.69) is 18.4 Å². The summed E-state index contributed by atoms with van der Waals surface area (Å²) in [5.74, 6) is 2.61. The third kappa shape index (κ3) is 2.96. The van der Waals surface area contributed by atoms with Crippen LogP contribution in [0.15, 0.2) is 9.81 Å². The number of hydrogen-bond donors (Lipinski definition) is 1. The summed E-state index contributed by atoms with van der Waals surface area (Å²) in [6, 6.07) is 0. The summed E-state index contributed by atoms with van der Waals surface area (Å²) in [7, 11) is 0. The van der Waals surface area contributed by atoms with Crippen molar-refractivity contribution in [1.29, 1.82) is 0 Å². The van der Waals surface area contributed by atoms with Gasteiger partial charge in [-0.1, -0.05) is 0 Å². The number of aliphatic hydroxyl groups is 1. The zero-order chi connectivity index (χ0) is 11.3. The van der Waals surface area contributed by atoms with Crippen molar-refractivity contribution < 1.29 is 5.11 Å². The fourth-order valence-corrected chi connectivity index (χ4v) is 3.83. The molecule has 0 amide bonds. The Morgan fingerprint density at radius 3 is 2.67 bits per heavy atom. The van der Waals surface area contributed by atoms with Crippen LogP contribution in [0.5, 0.6) is 0 Å². The third-order valence-corrected chi connectivity index (χ3v) is 5.07. The van der Waals surface area contributed by atoms with Gasteiger partial charge < -0.3 is 5.11 Å². The standard InChI is InChI=1S/C12H18OS2/c1-4-8-12(13)9-6-5-7-10(12)11(14-2)15-3/h1,13H,5-9H2,2-3H3. The van der Waals surface area contributed by atoms with Crippen LogP contribution in [-0.2, 0) is 0 Å². The number of rotatable bonds is 3. The number of terminal acetylenes is 1. The Morgan fingerprint density at radius 2 is 2.13 bits per heavy atom. The summed E-state index contributed by atoms with van der Waals surface area (Å²) in [5, 5.41) is 10.5. The first-order valence-corrected chi connectivity index (χ1v) is 7.60. The van der Waals surface area contributed by atoms with Crippen molar-refractivity contribution in [2.24, 2.45) is 0 Å². The SMILES string of the molecule is C#CCC1(O)CCCCC1=C(SC)SC. The molecule has 0 heterocycles. The molecule has 0 spiro atoms. The minimum Gasteiger partial charge on any atom is -0.384 e. The predicted molar refractivity (Wildman–Crippen MR) is 70.9 cm³/mol. The Balaban J connectivity index is 3.01. The fourth-order valence-electron chi connectivity index (χ4n) is 2.09. The highest BCUT2D eigenvalue weighted by atomic mass is 32.2. The molecule has 1 rings (SSSR count). The number of thioether (sulfide) groups is 2. The molecule has 0 aliphatic heterocycles. The molecule has 0 radical (unpaired) electrons. The van der Waals surface area contributed by atoms with E-state index in [0.29, 0.717) is 6.42 Å². The zero-order valence-corrected chi connectivity index (χ0v) is 11.0. The maximum absolute atomic E-state index is 10.5. The maximum atomic E-state index is 10.5. The molecule has 0 saturated heterocycles. The van der Waals surface area contributed by atoms with Gasteiger partial charge in [0.25, 0.3) is 0 Å². The molecule has 1 atom stereocenters. The molecule has 0 aromatic heterocycles. The predicted octanol–water partition coefficient (Wildman–Crippen LogP) is 3.25. The molecule has 0 bridgehead atoms. The van der Waals surface area contributed by atoms with Gasteiger partial charge in [-0.3, -0.25) is 0 Å². The van der Waals surface area contributed by atoms with E-state index in [1.165, 1.54) is 16.2 Å². The van der Waals surface area contributed by atoms with Crippen molar-refractivity contribution in [3.05, 3.63) is 9.81 Å². The van der Waals surface area contributed by atoms with Gasteiger partial charge in [-0.2, -0.15) is 0 Å². The van der Waals surface area contributed by atoms with E-state index in [0.717, 1.165) is 19.3 Å². The Morgan fingerprint density at radius 1 is 1.47 bits per heavy atom. The van der Waals surface area contributed by atoms with Crippen LogP contribution >= 0.6 is 23.5 Å². The molecule has 0 aromatic rings. The number of hydrogen-bond acceptors (Lipinski definition) is 3. The summed E-state index contributed by atoms with van der Waals surface area (Å²) in [4.78, 5) is 0. The van der Waals surface area contributed by atoms with Gasteiger partial charge in [0.15, 0.2) is 0 Å². The normalized spacial score (nSPS) is 26.1. The van der Waals surface area contributed by atoms with E-state index in [9.17, 15) is 5.11 Å². The molecule has 1 aliphatic carbocycles. The highest BCUT2D eigenvalue weighted by molar-refractivity contribution is 8.21. The van der Waals surface area contributed by atoms with Gasteiger partial charge >= 0.3 is 0 Å². The van der Waals surface area contributed by atoms with Crippen LogP contribution in [0.25, 0.3) is 0 Å². The molecule has 1 unspecified atom stereocenters. The van der Waals surface area contributed by atoms with Crippen molar-refractivity contribution in [3.8, 4) is 12.3 Å². The van der Waals surface area contributed by atoms with Gasteiger partial charge in [-0.15, -0.1) is 35.9 Å². The first-order chi connectivity index (χ1) is 7.18. The minimum absolute atomic E-state index is 0.451. The molecule has 15 heavy (non-hydrogen) atoms. The smallest absolute Gasteiger partial charge is 0.0984 e. The quantitative estimate of drug-likeness (QED) is 0.767. The third-order valence-electron chi connectivity index (χ3n) is 2.84. The molecule has 1 N–H and O–H groups in total. The lowest BCUT2D eigenvalue weighted by Gasteiger charge is -2.35. The van der Waals surface area contributed by atoms with Gasteiger partial charge in [0.05, 0.1) is 5.60 Å². The lowest BCUT2D eigenvalue weighted by Crippen LogP contribution is -2.34.